The summed E-state index contributed by atoms with van der Waals surface area (Å²) < 4.78 is 2.24. The normalized spacial score (nSPS) is 24.0. The van der Waals surface area contributed by atoms with Gasteiger partial charge in [0.1, 0.15) is 6.29 Å². The van der Waals surface area contributed by atoms with Gasteiger partial charge in [0.15, 0.2) is 0 Å². The maximum atomic E-state index is 11.3. The minimum atomic E-state index is -0.000456. The zero-order chi connectivity index (χ0) is 14.7. The lowest BCUT2D eigenvalue weighted by molar-refractivity contribution is -0.109. The minimum Gasteiger partial charge on any atom is -0.303 e. The van der Waals surface area contributed by atoms with Gasteiger partial charge in [-0.1, -0.05) is 48.5 Å². The van der Waals surface area contributed by atoms with Gasteiger partial charge in [-0.15, -0.1) is 0 Å². The van der Waals surface area contributed by atoms with Gasteiger partial charge >= 0.3 is 0 Å². The Balaban J connectivity index is 1.73. The first-order valence-electron chi connectivity index (χ1n) is 7.19. The maximum Gasteiger partial charge on any atom is 0.124 e. The Labute approximate surface area is 130 Å². The number of rotatable bonds is 6. The van der Waals surface area contributed by atoms with Gasteiger partial charge in [0.2, 0.25) is 0 Å². The van der Waals surface area contributed by atoms with E-state index in [1.54, 1.807) is 11.9 Å². The molecule has 0 N–H and O–H groups in total. The van der Waals surface area contributed by atoms with Crippen LogP contribution in [0.4, 0.5) is 0 Å². The number of nitrogens with zero attached hydrogens (tertiary/aromatic N) is 1. The molecule has 1 saturated carbocycles. The van der Waals surface area contributed by atoms with Crippen LogP contribution in [0.2, 0.25) is 0 Å². The molecule has 0 bridgehead atoms. The van der Waals surface area contributed by atoms with Crippen molar-refractivity contribution in [1.82, 2.24) is 4.31 Å². The van der Waals surface area contributed by atoms with Crippen molar-refractivity contribution in [3.8, 4) is 0 Å². The van der Waals surface area contributed by atoms with Crippen LogP contribution in [0.1, 0.15) is 12.0 Å². The van der Waals surface area contributed by atoms with Crippen molar-refractivity contribution in [2.24, 2.45) is 5.92 Å². The fourth-order valence-electron chi connectivity index (χ4n) is 2.98. The van der Waals surface area contributed by atoms with E-state index in [9.17, 15) is 4.79 Å². The van der Waals surface area contributed by atoms with Gasteiger partial charge in [-0.3, -0.25) is 0 Å². The molecule has 0 amide bonds. The molecule has 0 heterocycles. The summed E-state index contributed by atoms with van der Waals surface area (Å²) in [5.41, 5.74) is 1.28. The van der Waals surface area contributed by atoms with E-state index in [0.29, 0.717) is 0 Å². The highest BCUT2D eigenvalue weighted by atomic mass is 32.2. The van der Waals surface area contributed by atoms with Crippen molar-refractivity contribution in [1.29, 1.82) is 0 Å². The lowest BCUT2D eigenvalue weighted by atomic mass is 9.93. The van der Waals surface area contributed by atoms with Crippen molar-refractivity contribution >= 4 is 18.2 Å². The molecule has 0 spiro atoms. The molecule has 2 nitrogen and oxygen atoms in total. The van der Waals surface area contributed by atoms with Crippen LogP contribution in [0.25, 0.3) is 0 Å². The maximum absolute atomic E-state index is 11.3. The second-order valence-electron chi connectivity index (χ2n) is 5.66. The van der Waals surface area contributed by atoms with E-state index in [1.807, 2.05) is 12.1 Å². The highest BCUT2D eigenvalue weighted by molar-refractivity contribution is 7.97. The SMILES string of the molecule is CN(C[C@@]1(c2ccccc2)CC1C=O)Sc1ccccc1. The Kier molecular flexibility index (Phi) is 4.13. The Morgan fingerprint density at radius 2 is 1.76 bits per heavy atom. The summed E-state index contributed by atoms with van der Waals surface area (Å²) in [6, 6.07) is 20.8. The molecule has 21 heavy (non-hydrogen) atoms. The van der Waals surface area contributed by atoms with Gasteiger partial charge in [0, 0.05) is 22.8 Å². The number of carbonyl (C=O) groups is 1. The van der Waals surface area contributed by atoms with Crippen LogP contribution in [0.15, 0.2) is 65.6 Å². The Hall–Kier alpha value is -1.58. The molecule has 3 heteroatoms. The Bertz CT molecular complexity index is 601. The van der Waals surface area contributed by atoms with Crippen molar-refractivity contribution in [3.63, 3.8) is 0 Å². The summed E-state index contributed by atoms with van der Waals surface area (Å²) in [4.78, 5) is 12.5. The molecule has 0 saturated heterocycles. The molecule has 1 fully saturated rings. The summed E-state index contributed by atoms with van der Waals surface area (Å²) in [6.07, 6.45) is 2.08. The zero-order valence-corrected chi connectivity index (χ0v) is 12.9. The van der Waals surface area contributed by atoms with E-state index in [-0.39, 0.29) is 11.3 Å². The molecule has 1 unspecified atom stereocenters. The summed E-state index contributed by atoms with van der Waals surface area (Å²) in [6.45, 7) is 0.889. The van der Waals surface area contributed by atoms with E-state index in [2.05, 4.69) is 59.9 Å². The first-order chi connectivity index (χ1) is 10.2. The van der Waals surface area contributed by atoms with Gasteiger partial charge in [-0.25, -0.2) is 4.31 Å². The van der Waals surface area contributed by atoms with Crippen molar-refractivity contribution < 1.29 is 4.79 Å². The number of benzene rings is 2. The average molecular weight is 297 g/mol. The molecule has 0 radical (unpaired) electrons. The largest absolute Gasteiger partial charge is 0.303 e. The Morgan fingerprint density at radius 3 is 2.33 bits per heavy atom. The quantitative estimate of drug-likeness (QED) is 0.598. The van der Waals surface area contributed by atoms with E-state index in [0.717, 1.165) is 19.3 Å². The summed E-state index contributed by atoms with van der Waals surface area (Å²) in [7, 11) is 2.10. The molecule has 2 atom stereocenters. The number of aldehydes is 1. The molecule has 2 aromatic rings. The zero-order valence-electron chi connectivity index (χ0n) is 12.1. The Morgan fingerprint density at radius 1 is 1.14 bits per heavy atom. The number of likely N-dealkylation sites (N-methyl/N-ethyl adjacent to an activating group) is 1. The smallest absolute Gasteiger partial charge is 0.124 e. The molecule has 2 aromatic carbocycles. The van der Waals surface area contributed by atoms with Crippen LogP contribution >= 0.6 is 11.9 Å². The number of hydrogen-bond donors (Lipinski definition) is 0. The lowest BCUT2D eigenvalue weighted by Gasteiger charge is -2.24. The first kappa shape index (κ1) is 14.4. The third kappa shape index (κ3) is 3.04. The number of hydrogen-bond acceptors (Lipinski definition) is 3. The molecule has 0 aliphatic heterocycles. The van der Waals surface area contributed by atoms with Crippen molar-refractivity contribution in [2.45, 2.75) is 16.7 Å². The van der Waals surface area contributed by atoms with E-state index in [4.69, 9.17) is 0 Å². The van der Waals surface area contributed by atoms with Crippen LogP contribution in [-0.2, 0) is 10.2 Å². The molecule has 1 aliphatic rings. The third-order valence-electron chi connectivity index (χ3n) is 4.16. The van der Waals surface area contributed by atoms with Crippen LogP contribution < -0.4 is 0 Å². The van der Waals surface area contributed by atoms with Gasteiger partial charge in [-0.2, -0.15) is 0 Å². The van der Waals surface area contributed by atoms with Crippen LogP contribution in [-0.4, -0.2) is 24.2 Å². The van der Waals surface area contributed by atoms with Crippen molar-refractivity contribution in [3.05, 3.63) is 66.2 Å². The van der Waals surface area contributed by atoms with Gasteiger partial charge in [-0.05, 0) is 43.1 Å². The molecule has 0 aromatic heterocycles. The van der Waals surface area contributed by atoms with E-state index >= 15 is 0 Å². The van der Waals surface area contributed by atoms with Crippen molar-refractivity contribution in [2.75, 3.05) is 13.6 Å². The lowest BCUT2D eigenvalue weighted by Crippen LogP contribution is -2.26. The molecule has 1 aliphatic carbocycles. The van der Waals surface area contributed by atoms with E-state index < -0.39 is 0 Å². The van der Waals surface area contributed by atoms with Gasteiger partial charge < -0.3 is 4.79 Å². The van der Waals surface area contributed by atoms with Crippen LogP contribution in [0.3, 0.4) is 0 Å². The summed E-state index contributed by atoms with van der Waals surface area (Å²) in [5, 5.41) is 0. The molecule has 3 rings (SSSR count). The molecule has 108 valence electrons. The fraction of sp³-hybridized carbons (Fsp3) is 0.278. The monoisotopic (exact) mass is 297 g/mol. The topological polar surface area (TPSA) is 20.3 Å². The van der Waals surface area contributed by atoms with Gasteiger partial charge in [0.25, 0.3) is 0 Å². The molecular weight excluding hydrogens is 278 g/mol. The highest BCUT2D eigenvalue weighted by Crippen LogP contribution is 2.54. The fourth-order valence-corrected chi connectivity index (χ4v) is 3.91. The van der Waals surface area contributed by atoms with Crippen LogP contribution in [0, 0.1) is 5.92 Å². The predicted molar refractivity (Wildman–Crippen MR) is 87.2 cm³/mol. The average Bonchev–Trinajstić information content (AvgIpc) is 3.23. The van der Waals surface area contributed by atoms with Crippen LogP contribution in [0.5, 0.6) is 0 Å². The minimum absolute atomic E-state index is 0.000456. The summed E-state index contributed by atoms with van der Waals surface area (Å²) in [5.74, 6) is 0.152. The highest BCUT2D eigenvalue weighted by Gasteiger charge is 2.55. The molecular formula is C18H19NOS. The standard InChI is InChI=1S/C18H19NOS/c1-19(21-17-10-6-3-7-11-17)14-18(12-16(18)13-20)15-8-4-2-5-9-15/h2-11,13,16H,12,14H2,1H3/t16?,18-/m1/s1. The van der Waals surface area contributed by atoms with Gasteiger partial charge in [0.05, 0.1) is 0 Å². The predicted octanol–water partition coefficient (Wildman–Crippen LogP) is 3.78. The second kappa shape index (κ2) is 6.04. The third-order valence-corrected chi connectivity index (χ3v) is 5.08. The summed E-state index contributed by atoms with van der Waals surface area (Å²) >= 11 is 1.74. The first-order valence-corrected chi connectivity index (χ1v) is 7.97. The van der Waals surface area contributed by atoms with E-state index in [1.165, 1.54) is 10.5 Å². The number of carbonyl (C=O) groups excluding carboxylic acids is 1. The second-order valence-corrected chi connectivity index (χ2v) is 6.94.